The Morgan fingerprint density at radius 3 is 2.72 bits per heavy atom. The monoisotopic (exact) mass is 486 g/mol. The molecule has 1 heterocycles. The maximum absolute atomic E-state index is 12.5. The Kier molecular flexibility index (Phi) is 7.44. The van der Waals surface area contributed by atoms with Crippen LogP contribution in [0.15, 0.2) is 48.7 Å². The number of hydrogen-bond donors (Lipinski definition) is 1. The summed E-state index contributed by atoms with van der Waals surface area (Å²) in [4.78, 5) is 22.8. The Balaban J connectivity index is 1.69. The van der Waals surface area contributed by atoms with Crippen LogP contribution < -0.4 is 14.8 Å². The van der Waals surface area contributed by atoms with Crippen molar-refractivity contribution in [3.8, 4) is 11.5 Å². The zero-order valence-electron chi connectivity index (χ0n) is 16.0. The van der Waals surface area contributed by atoms with Crippen LogP contribution in [0.25, 0.3) is 0 Å². The number of nitro benzene ring substituents is 1. The molecule has 0 radical (unpaired) electrons. The number of nitrogens with zero attached hydrogens (tertiary/aromatic N) is 3. The molecule has 0 aliphatic rings. The lowest BCUT2D eigenvalue weighted by molar-refractivity contribution is -0.384. The third-order valence-corrected chi connectivity index (χ3v) is 4.68. The van der Waals surface area contributed by atoms with Gasteiger partial charge in [0, 0.05) is 18.3 Å². The van der Waals surface area contributed by atoms with Crippen molar-refractivity contribution in [2.75, 3.05) is 11.9 Å². The molecule has 0 saturated heterocycles. The van der Waals surface area contributed by atoms with E-state index in [0.29, 0.717) is 10.8 Å². The number of carbonyl (C=O) groups excluding carboxylic acids is 1. The molecule has 3 rings (SSSR count). The number of ether oxygens (including phenoxy) is 2. The highest BCUT2D eigenvalue weighted by Gasteiger charge is 2.16. The molecule has 9 nitrogen and oxygen atoms in total. The zero-order valence-corrected chi connectivity index (χ0v) is 17.5. The van der Waals surface area contributed by atoms with Crippen LogP contribution in [0.1, 0.15) is 10.5 Å². The van der Waals surface area contributed by atoms with E-state index in [4.69, 9.17) is 32.7 Å². The third kappa shape index (κ3) is 6.05. The Bertz CT molecular complexity index is 1140. The second kappa shape index (κ2) is 10.2. The van der Waals surface area contributed by atoms with Crippen molar-refractivity contribution in [2.24, 2.45) is 0 Å². The van der Waals surface area contributed by atoms with E-state index in [1.54, 1.807) is 18.2 Å². The number of non-ortho nitro benzene ring substituents is 1. The zero-order chi connectivity index (χ0) is 23.3. The van der Waals surface area contributed by atoms with Crippen molar-refractivity contribution < 1.29 is 28.0 Å². The number of alkyl halides is 2. The quantitative estimate of drug-likeness (QED) is 0.335. The van der Waals surface area contributed by atoms with E-state index >= 15 is 0 Å². The number of carbonyl (C=O) groups is 1. The molecule has 168 valence electrons. The van der Waals surface area contributed by atoms with Gasteiger partial charge in [-0.2, -0.15) is 5.10 Å². The van der Waals surface area contributed by atoms with Crippen molar-refractivity contribution in [3.05, 3.63) is 74.5 Å². The van der Waals surface area contributed by atoms with Crippen molar-refractivity contribution in [1.82, 2.24) is 9.78 Å². The van der Waals surface area contributed by atoms with Gasteiger partial charge in [0.05, 0.1) is 21.7 Å². The summed E-state index contributed by atoms with van der Waals surface area (Å²) in [6.45, 7) is -1.02. The number of anilines is 1. The van der Waals surface area contributed by atoms with Gasteiger partial charge in [0.1, 0.15) is 23.1 Å². The number of nitro groups is 1. The Morgan fingerprint density at radius 1 is 1.22 bits per heavy atom. The average Bonchev–Trinajstić information content (AvgIpc) is 3.22. The number of nitrogens with one attached hydrogen (secondary N) is 1. The lowest BCUT2D eigenvalue weighted by atomic mass is 10.2. The van der Waals surface area contributed by atoms with E-state index in [1.807, 2.05) is 0 Å². The molecular weight excluding hydrogens is 473 g/mol. The van der Waals surface area contributed by atoms with Gasteiger partial charge < -0.3 is 14.8 Å². The van der Waals surface area contributed by atoms with Crippen molar-refractivity contribution in [3.63, 3.8) is 0 Å². The summed E-state index contributed by atoms with van der Waals surface area (Å²) in [5.74, 6) is -0.550. The van der Waals surface area contributed by atoms with Crippen molar-refractivity contribution >= 4 is 40.5 Å². The molecule has 0 aliphatic carbocycles. The highest BCUT2D eigenvalue weighted by Crippen LogP contribution is 2.31. The minimum absolute atomic E-state index is 0.0210. The Morgan fingerprint density at radius 2 is 2.00 bits per heavy atom. The van der Waals surface area contributed by atoms with Crippen LogP contribution in [-0.4, -0.2) is 33.6 Å². The van der Waals surface area contributed by atoms with Crippen LogP contribution in [0.2, 0.25) is 10.0 Å². The molecule has 32 heavy (non-hydrogen) atoms. The van der Waals surface area contributed by atoms with Gasteiger partial charge in [-0.25, -0.2) is 13.5 Å². The summed E-state index contributed by atoms with van der Waals surface area (Å²) in [5, 5.41) is 18.1. The molecule has 1 amide bonds. The Hall–Kier alpha value is -3.44. The molecule has 0 fully saturated rings. The molecule has 0 saturated carbocycles. The predicted molar refractivity (Wildman–Crippen MR) is 112 cm³/mol. The maximum atomic E-state index is 12.5. The number of aromatic nitrogens is 2. The number of benzene rings is 2. The van der Waals surface area contributed by atoms with E-state index < -0.39 is 29.6 Å². The summed E-state index contributed by atoms with van der Waals surface area (Å²) < 4.78 is 36.4. The van der Waals surface area contributed by atoms with Gasteiger partial charge in [0.2, 0.25) is 0 Å². The smallest absolute Gasteiger partial charge is 0.276 e. The second-order valence-electron chi connectivity index (χ2n) is 6.19. The van der Waals surface area contributed by atoms with E-state index in [-0.39, 0.29) is 28.9 Å². The van der Waals surface area contributed by atoms with E-state index in [2.05, 4.69) is 10.4 Å². The summed E-state index contributed by atoms with van der Waals surface area (Å²) >= 11 is 12.0. The van der Waals surface area contributed by atoms with Gasteiger partial charge in [-0.3, -0.25) is 14.9 Å². The molecule has 3 aromatic rings. The number of hydrogen-bond acceptors (Lipinski definition) is 6. The summed E-state index contributed by atoms with van der Waals surface area (Å²) in [7, 11) is 0. The second-order valence-corrected chi connectivity index (χ2v) is 6.98. The lowest BCUT2D eigenvalue weighted by Gasteiger charge is -2.09. The van der Waals surface area contributed by atoms with Crippen LogP contribution in [0.3, 0.4) is 0 Å². The van der Waals surface area contributed by atoms with Crippen LogP contribution in [0.4, 0.5) is 20.2 Å². The minimum Gasteiger partial charge on any atom is -0.487 e. The van der Waals surface area contributed by atoms with Gasteiger partial charge in [-0.15, -0.1) is 0 Å². The summed E-state index contributed by atoms with van der Waals surface area (Å²) in [5.41, 5.74) is -0.485. The maximum Gasteiger partial charge on any atom is 0.276 e. The number of halogens is 4. The average molecular weight is 487 g/mol. The molecule has 1 aromatic heterocycles. The topological polar surface area (TPSA) is 109 Å². The fourth-order valence-electron chi connectivity index (χ4n) is 2.48. The molecule has 0 bridgehead atoms. The van der Waals surface area contributed by atoms with Crippen molar-refractivity contribution in [2.45, 2.75) is 13.2 Å². The molecular formula is C19H14Cl2F2N4O5. The first-order chi connectivity index (χ1) is 15.2. The largest absolute Gasteiger partial charge is 0.487 e. The third-order valence-electron chi connectivity index (χ3n) is 3.88. The van der Waals surface area contributed by atoms with Gasteiger partial charge >= 0.3 is 0 Å². The molecule has 1 N–H and O–H groups in total. The fraction of sp³-hybridized carbons (Fsp3) is 0.158. The first-order valence-electron chi connectivity index (χ1n) is 8.85. The number of amides is 1. The molecule has 0 aliphatic heterocycles. The molecule has 2 aromatic carbocycles. The van der Waals surface area contributed by atoms with Crippen molar-refractivity contribution in [1.29, 1.82) is 0 Å². The first-order valence-corrected chi connectivity index (χ1v) is 9.60. The number of rotatable bonds is 9. The van der Waals surface area contributed by atoms with Gasteiger partial charge in [0.15, 0.2) is 12.4 Å². The van der Waals surface area contributed by atoms with E-state index in [1.165, 1.54) is 23.0 Å². The van der Waals surface area contributed by atoms with Crippen LogP contribution in [0, 0.1) is 10.1 Å². The lowest BCUT2D eigenvalue weighted by Crippen LogP contribution is -2.15. The SMILES string of the molecule is O=C(Nc1cc(OCC(F)F)cc([N+](=O)[O-])c1)c1ccn(COc2cccc(Cl)c2Cl)n1. The highest BCUT2D eigenvalue weighted by atomic mass is 35.5. The summed E-state index contributed by atoms with van der Waals surface area (Å²) in [6, 6.07) is 9.49. The molecule has 0 atom stereocenters. The van der Waals surface area contributed by atoms with E-state index in [9.17, 15) is 23.7 Å². The van der Waals surface area contributed by atoms with Gasteiger partial charge in [0.25, 0.3) is 18.0 Å². The minimum atomic E-state index is -2.76. The van der Waals surface area contributed by atoms with Crippen LogP contribution >= 0.6 is 23.2 Å². The predicted octanol–water partition coefficient (Wildman–Crippen LogP) is 5.03. The molecule has 0 unspecified atom stereocenters. The first kappa shape index (κ1) is 23.2. The highest BCUT2D eigenvalue weighted by molar-refractivity contribution is 6.42. The standard InChI is InChI=1S/C19H14Cl2F2N4O5/c20-14-2-1-3-16(18(14)21)32-10-26-5-4-15(25-26)19(28)24-11-6-12(27(29)30)8-13(7-11)31-9-17(22)23/h1-8,17H,9-10H2,(H,24,28). The summed E-state index contributed by atoms with van der Waals surface area (Å²) in [6.07, 6.45) is -1.29. The van der Waals surface area contributed by atoms with Gasteiger partial charge in [-0.1, -0.05) is 29.3 Å². The Labute approximate surface area is 189 Å². The van der Waals surface area contributed by atoms with Crippen LogP contribution in [0.5, 0.6) is 11.5 Å². The van der Waals surface area contributed by atoms with E-state index in [0.717, 1.165) is 12.1 Å². The van der Waals surface area contributed by atoms with Gasteiger partial charge in [-0.05, 0) is 18.2 Å². The normalized spacial score (nSPS) is 10.8. The fourth-order valence-corrected chi connectivity index (χ4v) is 2.83. The van der Waals surface area contributed by atoms with Crippen LogP contribution in [-0.2, 0) is 6.73 Å². The molecule has 13 heteroatoms. The molecule has 0 spiro atoms.